The summed E-state index contributed by atoms with van der Waals surface area (Å²) >= 11 is 0. The fraction of sp³-hybridized carbons (Fsp3) is 0.160. The molecule has 1 aromatic heterocycles. The largest absolute Gasteiger partial charge is 0.486 e. The van der Waals surface area contributed by atoms with Crippen LogP contribution in [-0.4, -0.2) is 30.9 Å². The minimum absolute atomic E-state index is 0.126. The summed E-state index contributed by atoms with van der Waals surface area (Å²) in [5, 5.41) is 0.643. The minimum atomic E-state index is -4.13. The molecule has 5 rings (SSSR count). The SMILES string of the molecule is O=c1[nH]c2cc3c(cc2cc1CN(Cc1ccc(F)cc1)S(=O)(=O)c1ccc(F)cc1)OCCO3. The highest BCUT2D eigenvalue weighted by Crippen LogP contribution is 2.34. The third-order valence-electron chi connectivity index (χ3n) is 5.65. The number of aromatic nitrogens is 1. The van der Waals surface area contributed by atoms with E-state index in [0.29, 0.717) is 41.2 Å². The zero-order valence-electron chi connectivity index (χ0n) is 18.3. The van der Waals surface area contributed by atoms with Crippen LogP contribution in [0.3, 0.4) is 0 Å². The van der Waals surface area contributed by atoms with Crippen molar-refractivity contribution in [3.05, 3.63) is 99.8 Å². The molecule has 4 aromatic rings. The Labute approximate surface area is 199 Å². The van der Waals surface area contributed by atoms with Gasteiger partial charge in [-0.1, -0.05) is 12.1 Å². The number of halogens is 2. The topological polar surface area (TPSA) is 88.7 Å². The van der Waals surface area contributed by atoms with Gasteiger partial charge in [-0.2, -0.15) is 4.31 Å². The molecule has 35 heavy (non-hydrogen) atoms. The summed E-state index contributed by atoms with van der Waals surface area (Å²) in [6, 6.07) is 14.8. The normalized spacial score (nSPS) is 13.3. The number of rotatable bonds is 6. The Balaban J connectivity index is 1.55. The van der Waals surface area contributed by atoms with E-state index < -0.39 is 27.2 Å². The van der Waals surface area contributed by atoms with Crippen LogP contribution in [0.5, 0.6) is 11.5 Å². The first-order valence-corrected chi connectivity index (χ1v) is 12.2. The van der Waals surface area contributed by atoms with Crippen molar-refractivity contribution in [1.82, 2.24) is 9.29 Å². The summed E-state index contributed by atoms with van der Waals surface area (Å²) < 4.78 is 66.0. The van der Waals surface area contributed by atoms with Crippen molar-refractivity contribution >= 4 is 20.9 Å². The summed E-state index contributed by atoms with van der Waals surface area (Å²) in [6.07, 6.45) is 0. The Kier molecular flexibility index (Phi) is 6.00. The van der Waals surface area contributed by atoms with Gasteiger partial charge in [-0.25, -0.2) is 17.2 Å². The summed E-state index contributed by atoms with van der Waals surface area (Å²) in [4.78, 5) is 15.5. The number of pyridine rings is 1. The van der Waals surface area contributed by atoms with Crippen molar-refractivity contribution in [2.75, 3.05) is 13.2 Å². The van der Waals surface area contributed by atoms with Crippen LogP contribution in [-0.2, 0) is 23.1 Å². The van der Waals surface area contributed by atoms with Gasteiger partial charge in [-0.15, -0.1) is 0 Å². The minimum Gasteiger partial charge on any atom is -0.486 e. The van der Waals surface area contributed by atoms with E-state index in [1.165, 1.54) is 24.3 Å². The highest BCUT2D eigenvalue weighted by Gasteiger charge is 2.26. The number of nitrogens with zero attached hydrogens (tertiary/aromatic N) is 1. The highest BCUT2D eigenvalue weighted by atomic mass is 32.2. The van der Waals surface area contributed by atoms with Gasteiger partial charge >= 0.3 is 0 Å². The molecule has 2 heterocycles. The van der Waals surface area contributed by atoms with E-state index in [4.69, 9.17) is 9.47 Å². The second-order valence-electron chi connectivity index (χ2n) is 8.06. The molecule has 0 atom stereocenters. The Morgan fingerprint density at radius 3 is 2.09 bits per heavy atom. The molecule has 0 spiro atoms. The smallest absolute Gasteiger partial charge is 0.252 e. The summed E-state index contributed by atoms with van der Waals surface area (Å²) in [5.41, 5.74) is 0.776. The molecule has 7 nitrogen and oxygen atoms in total. The number of benzene rings is 3. The first kappa shape index (κ1) is 23.0. The quantitative estimate of drug-likeness (QED) is 0.435. The van der Waals surface area contributed by atoms with Crippen molar-refractivity contribution < 1.29 is 26.7 Å². The Hall–Kier alpha value is -3.76. The molecule has 3 aromatic carbocycles. The third kappa shape index (κ3) is 4.75. The molecule has 0 aliphatic carbocycles. The lowest BCUT2D eigenvalue weighted by Crippen LogP contribution is -2.32. The molecular formula is C25H20F2N2O5S. The summed E-state index contributed by atoms with van der Waals surface area (Å²) in [7, 11) is -4.13. The van der Waals surface area contributed by atoms with Crippen molar-refractivity contribution in [1.29, 1.82) is 0 Å². The fourth-order valence-electron chi connectivity index (χ4n) is 3.87. The number of hydrogen-bond acceptors (Lipinski definition) is 5. The second kappa shape index (κ2) is 9.12. The molecule has 1 N–H and O–H groups in total. The monoisotopic (exact) mass is 498 g/mol. The van der Waals surface area contributed by atoms with Gasteiger partial charge in [0.05, 0.1) is 10.4 Å². The van der Waals surface area contributed by atoms with Gasteiger partial charge in [0.25, 0.3) is 5.56 Å². The molecule has 0 saturated heterocycles. The second-order valence-corrected chi connectivity index (χ2v) is 10.00. The van der Waals surface area contributed by atoms with E-state index >= 15 is 0 Å². The van der Waals surface area contributed by atoms with E-state index in [0.717, 1.165) is 28.6 Å². The highest BCUT2D eigenvalue weighted by molar-refractivity contribution is 7.89. The molecule has 180 valence electrons. The van der Waals surface area contributed by atoms with E-state index in [-0.39, 0.29) is 23.5 Å². The van der Waals surface area contributed by atoms with Crippen molar-refractivity contribution in [3.8, 4) is 11.5 Å². The van der Waals surface area contributed by atoms with E-state index in [2.05, 4.69) is 4.98 Å². The average molecular weight is 499 g/mol. The van der Waals surface area contributed by atoms with Crippen LogP contribution in [0.15, 0.2) is 76.4 Å². The van der Waals surface area contributed by atoms with Crippen LogP contribution < -0.4 is 15.0 Å². The van der Waals surface area contributed by atoms with Gasteiger partial charge in [0.1, 0.15) is 24.8 Å². The number of ether oxygens (including phenoxy) is 2. The average Bonchev–Trinajstić information content (AvgIpc) is 2.84. The zero-order valence-corrected chi connectivity index (χ0v) is 19.1. The Bertz CT molecular complexity index is 1550. The number of H-pyrrole nitrogens is 1. The van der Waals surface area contributed by atoms with E-state index in [1.54, 1.807) is 18.2 Å². The lowest BCUT2D eigenvalue weighted by Gasteiger charge is -2.23. The Morgan fingerprint density at radius 2 is 1.43 bits per heavy atom. The molecule has 1 aliphatic rings. The van der Waals surface area contributed by atoms with Crippen LogP contribution in [0.1, 0.15) is 11.1 Å². The van der Waals surface area contributed by atoms with Gasteiger partial charge in [0.15, 0.2) is 11.5 Å². The van der Waals surface area contributed by atoms with Crippen molar-refractivity contribution in [3.63, 3.8) is 0 Å². The fourth-order valence-corrected chi connectivity index (χ4v) is 5.28. The lowest BCUT2D eigenvalue weighted by atomic mass is 10.1. The molecule has 0 unspecified atom stereocenters. The van der Waals surface area contributed by atoms with Crippen LogP contribution in [0.25, 0.3) is 10.9 Å². The first-order valence-electron chi connectivity index (χ1n) is 10.8. The molecule has 0 saturated carbocycles. The number of sulfonamides is 1. The zero-order chi connectivity index (χ0) is 24.6. The maximum atomic E-state index is 13.5. The number of hydrogen-bond donors (Lipinski definition) is 1. The maximum absolute atomic E-state index is 13.5. The number of nitrogens with one attached hydrogen (secondary N) is 1. The predicted molar refractivity (Wildman–Crippen MR) is 125 cm³/mol. The Morgan fingerprint density at radius 1 is 0.829 bits per heavy atom. The molecule has 0 fully saturated rings. The summed E-state index contributed by atoms with van der Waals surface area (Å²) in [5.74, 6) is 0.0181. The van der Waals surface area contributed by atoms with Crippen LogP contribution >= 0.6 is 0 Å². The van der Waals surface area contributed by atoms with Gasteiger partial charge in [-0.3, -0.25) is 4.79 Å². The molecule has 1 aliphatic heterocycles. The third-order valence-corrected chi connectivity index (χ3v) is 7.46. The van der Waals surface area contributed by atoms with Crippen LogP contribution in [0.2, 0.25) is 0 Å². The van der Waals surface area contributed by atoms with Crippen molar-refractivity contribution in [2.24, 2.45) is 0 Å². The van der Waals surface area contributed by atoms with Gasteiger partial charge in [-0.05, 0) is 54.1 Å². The molecule has 0 bridgehead atoms. The predicted octanol–water partition coefficient (Wildman–Crippen LogP) is 3.97. The molecule has 0 amide bonds. The van der Waals surface area contributed by atoms with Crippen LogP contribution in [0, 0.1) is 11.6 Å². The summed E-state index contributed by atoms with van der Waals surface area (Å²) in [6.45, 7) is 0.409. The number of fused-ring (bicyclic) bond motifs is 2. The molecule has 10 heteroatoms. The lowest BCUT2D eigenvalue weighted by molar-refractivity contribution is 0.172. The van der Waals surface area contributed by atoms with E-state index in [9.17, 15) is 22.0 Å². The van der Waals surface area contributed by atoms with Gasteiger partial charge in [0.2, 0.25) is 10.0 Å². The van der Waals surface area contributed by atoms with E-state index in [1.807, 2.05) is 0 Å². The first-order chi connectivity index (χ1) is 16.8. The van der Waals surface area contributed by atoms with Crippen LogP contribution in [0.4, 0.5) is 8.78 Å². The standard InChI is InChI=1S/C25H20F2N2O5S/c26-19-3-1-16(2-4-19)14-29(35(31,32)21-7-5-20(27)6-8-21)15-18-11-17-12-23-24(34-10-9-33-23)13-22(17)28-25(18)30/h1-8,11-13H,9-10,14-15H2,(H,28,30). The van der Waals surface area contributed by atoms with Crippen molar-refractivity contribution in [2.45, 2.75) is 18.0 Å². The molecule has 0 radical (unpaired) electrons. The number of aromatic amines is 1. The van der Waals surface area contributed by atoms with Gasteiger partial charge in [0, 0.05) is 30.1 Å². The maximum Gasteiger partial charge on any atom is 0.252 e. The molecular weight excluding hydrogens is 478 g/mol. The van der Waals surface area contributed by atoms with Gasteiger partial charge < -0.3 is 14.5 Å².